The number of methoxy groups -OCH3 is 2. The Hall–Kier alpha value is -4.00. The molecule has 0 aliphatic heterocycles. The van der Waals surface area contributed by atoms with Crippen LogP contribution in [0, 0.1) is 0 Å². The van der Waals surface area contributed by atoms with E-state index < -0.39 is 5.91 Å². The topological polar surface area (TPSA) is 364 Å². The Labute approximate surface area is 618 Å². The number of rotatable bonds is 88. The molecule has 104 heavy (non-hydrogen) atoms. The van der Waals surface area contributed by atoms with Gasteiger partial charge in [0.25, 0.3) is 5.91 Å². The van der Waals surface area contributed by atoms with Crippen LogP contribution < -0.4 is 21.3 Å². The third-order valence-corrected chi connectivity index (χ3v) is 13.6. The second-order valence-electron chi connectivity index (χ2n) is 22.2. The van der Waals surface area contributed by atoms with Gasteiger partial charge in [-0.25, -0.2) is 9.97 Å². The van der Waals surface area contributed by atoms with E-state index in [4.69, 9.17) is 114 Å². The molecule has 2 amide bonds. The van der Waals surface area contributed by atoms with Crippen molar-refractivity contribution >= 4 is 35.0 Å². The third-order valence-electron chi connectivity index (χ3n) is 13.6. The minimum atomic E-state index is -0.483. The van der Waals surface area contributed by atoms with Crippen molar-refractivity contribution < 1.29 is 133 Å². The quantitative estimate of drug-likeness (QED) is 0.0538. The van der Waals surface area contributed by atoms with E-state index >= 15 is 0 Å². The van der Waals surface area contributed by atoms with Crippen molar-refractivity contribution in [2.75, 3.05) is 355 Å². The molecule has 0 saturated heterocycles. The fraction of sp³-hybridized carbons (Fsp3) is 0.886. The first kappa shape index (κ1) is 98.0. The summed E-state index contributed by atoms with van der Waals surface area (Å²) >= 11 is 0. The highest BCUT2D eigenvalue weighted by molar-refractivity contribution is 6.02. The summed E-state index contributed by atoms with van der Waals surface area (Å²) in [6, 6.07) is 0. The molecule has 1 aromatic heterocycles. The van der Waals surface area contributed by atoms with Crippen LogP contribution in [-0.4, -0.2) is 378 Å². The lowest BCUT2D eigenvalue weighted by Crippen LogP contribution is -2.29. The molecule has 610 valence electrons. The number of hydrogen-bond acceptors (Lipinski definition) is 32. The zero-order valence-corrected chi connectivity index (χ0v) is 63.3. The molecule has 0 spiro atoms. The summed E-state index contributed by atoms with van der Waals surface area (Å²) in [7, 11) is 3.28. The summed E-state index contributed by atoms with van der Waals surface area (Å²) in [5.41, 5.74) is 0.144. The van der Waals surface area contributed by atoms with Gasteiger partial charge < -0.3 is 135 Å². The molecule has 0 radical (unpaired) electrons. The number of hydrogen-bond donors (Lipinski definition) is 4. The molecule has 0 unspecified atom stereocenters. The Kier molecular flexibility index (Phi) is 76.8. The van der Waals surface area contributed by atoms with Crippen LogP contribution in [0.15, 0.2) is 0 Å². The Morgan fingerprint density at radius 3 is 0.769 bits per heavy atom. The molecule has 1 aromatic rings. The predicted molar refractivity (Wildman–Crippen MR) is 384 cm³/mol. The number of anilines is 2. The van der Waals surface area contributed by atoms with Crippen LogP contribution in [0.3, 0.4) is 0 Å². The molecule has 0 fully saturated rings. The summed E-state index contributed by atoms with van der Waals surface area (Å²) < 4.78 is 131. The smallest absolute Gasteiger partial charge is 0.273 e. The van der Waals surface area contributed by atoms with Gasteiger partial charge in [0, 0.05) is 66.1 Å². The van der Waals surface area contributed by atoms with Gasteiger partial charge in [0.15, 0.2) is 28.8 Å². The molecule has 1 heterocycles. The fourth-order valence-electron chi connectivity index (χ4n) is 8.14. The van der Waals surface area contributed by atoms with E-state index in [0.29, 0.717) is 317 Å². The lowest BCUT2D eigenvalue weighted by Gasteiger charge is -2.16. The lowest BCUT2D eigenvalue weighted by molar-refractivity contribution is -0.122. The molecule has 1 rings (SSSR count). The number of ether oxygens (including phenoxy) is 24. The van der Waals surface area contributed by atoms with E-state index in [2.05, 4.69) is 31.2 Å². The van der Waals surface area contributed by atoms with Crippen LogP contribution in [0.2, 0.25) is 0 Å². The van der Waals surface area contributed by atoms with Crippen LogP contribution in [0.1, 0.15) is 86.2 Å². The monoisotopic (exact) mass is 1500 g/mol. The number of Topliss-reactive ketones (excluding diaryl/α,β-unsaturated/α-hetero) is 2. The number of nitrogens with one attached hydrogen (secondary N) is 4. The summed E-state index contributed by atoms with van der Waals surface area (Å²) in [4.78, 5) is 61.4. The highest BCUT2D eigenvalue weighted by Gasteiger charge is 2.23. The zero-order valence-electron chi connectivity index (χ0n) is 63.3. The summed E-state index contributed by atoms with van der Waals surface area (Å²) in [6.45, 7) is 26.5. The first-order valence-electron chi connectivity index (χ1n) is 37.0. The van der Waals surface area contributed by atoms with Gasteiger partial charge in [0.2, 0.25) is 5.91 Å². The van der Waals surface area contributed by atoms with Crippen molar-refractivity contribution in [3.05, 3.63) is 11.4 Å². The Bertz CT molecular complexity index is 1900. The van der Waals surface area contributed by atoms with E-state index in [1.54, 1.807) is 14.2 Å². The second kappa shape index (κ2) is 81.5. The summed E-state index contributed by atoms with van der Waals surface area (Å²) in [5.74, 6) is -0.572. The molecule has 34 heteroatoms. The number of aromatic nitrogens is 2. The highest BCUT2D eigenvalue weighted by atomic mass is 16.6. The second-order valence-corrected chi connectivity index (χ2v) is 22.2. The summed E-state index contributed by atoms with van der Waals surface area (Å²) in [5, 5.41) is 12.0. The third kappa shape index (κ3) is 68.5. The van der Waals surface area contributed by atoms with E-state index in [9.17, 15) is 19.2 Å². The lowest BCUT2D eigenvalue weighted by atomic mass is 10.1. The predicted octanol–water partition coefficient (Wildman–Crippen LogP) is 2.72. The van der Waals surface area contributed by atoms with Crippen LogP contribution >= 0.6 is 0 Å². The Morgan fingerprint density at radius 1 is 0.260 bits per heavy atom. The maximum Gasteiger partial charge on any atom is 0.273 e. The highest BCUT2D eigenvalue weighted by Crippen LogP contribution is 2.21. The van der Waals surface area contributed by atoms with Crippen LogP contribution in [0.25, 0.3) is 0 Å². The molecule has 0 bridgehead atoms. The molecule has 34 nitrogen and oxygen atoms in total. The number of nitrogens with zero attached hydrogens (tertiary/aromatic N) is 2. The standard InChI is InChI=1S/C70H132N6O28/c1-5-13-72-68-66(64(78)10-8-15-71-65(79)12-18-84-24-26-88-32-34-92-40-42-96-48-50-100-56-58-104-62-60-102-54-52-98-46-44-94-38-36-90-30-28-86-22-20-82-4)75-69(73-14-6-2)67(76-68)70(80)74-16-7-9-63(77)11-17-83-23-25-87-31-33-91-39-41-95-47-49-99-55-57-103-61-59-101-53-51-97-45-43-93-37-35-89-29-27-85-21-19-81-3/h5-62H2,1-4H3,(H,71,79)(H,72,76)(H,73,75)(H,74,80). The molecule has 4 N–H and O–H groups in total. The van der Waals surface area contributed by atoms with Crippen LogP contribution in [0.4, 0.5) is 11.6 Å². The number of ketones is 2. The fourth-order valence-corrected chi connectivity index (χ4v) is 8.14. The maximum absolute atomic E-state index is 13.6. The van der Waals surface area contributed by atoms with Crippen molar-refractivity contribution in [2.24, 2.45) is 0 Å². The normalized spacial score (nSPS) is 11.5. The van der Waals surface area contributed by atoms with E-state index in [1.807, 2.05) is 13.8 Å². The van der Waals surface area contributed by atoms with E-state index in [-0.39, 0.29) is 92.5 Å². The average Bonchev–Trinajstić information content (AvgIpc) is 0.807. The van der Waals surface area contributed by atoms with E-state index in [1.165, 1.54) is 0 Å². The molecule has 0 saturated carbocycles. The first-order valence-corrected chi connectivity index (χ1v) is 37.0. The van der Waals surface area contributed by atoms with Crippen molar-refractivity contribution in [2.45, 2.75) is 65.2 Å². The van der Waals surface area contributed by atoms with Crippen molar-refractivity contribution in [1.82, 2.24) is 20.6 Å². The largest absolute Gasteiger partial charge is 0.382 e. The minimum absolute atomic E-state index is 0.00885. The van der Waals surface area contributed by atoms with Crippen molar-refractivity contribution in [3.8, 4) is 0 Å². The molecule has 0 aliphatic rings. The van der Waals surface area contributed by atoms with Gasteiger partial charge in [0.05, 0.1) is 304 Å². The molecule has 0 aromatic carbocycles. The van der Waals surface area contributed by atoms with Gasteiger partial charge in [-0.15, -0.1) is 0 Å². The molecular formula is C70H132N6O28. The molecule has 0 aliphatic carbocycles. The summed E-state index contributed by atoms with van der Waals surface area (Å²) in [6.07, 6.45) is 2.99. The number of amides is 2. The van der Waals surface area contributed by atoms with Crippen molar-refractivity contribution in [3.63, 3.8) is 0 Å². The van der Waals surface area contributed by atoms with Crippen LogP contribution in [-0.2, 0) is 123 Å². The Balaban J connectivity index is 2.02. The van der Waals surface area contributed by atoms with Gasteiger partial charge in [0.1, 0.15) is 5.78 Å². The molecule has 0 atom stereocenters. The van der Waals surface area contributed by atoms with Gasteiger partial charge in [-0.1, -0.05) is 13.8 Å². The number of carbonyl (C=O) groups excluding carboxylic acids is 4. The zero-order chi connectivity index (χ0) is 74.8. The number of carbonyl (C=O) groups is 4. The van der Waals surface area contributed by atoms with Gasteiger partial charge in [-0.2, -0.15) is 0 Å². The van der Waals surface area contributed by atoms with E-state index in [0.717, 1.165) is 12.8 Å². The molecular weight excluding hydrogens is 1370 g/mol. The van der Waals surface area contributed by atoms with Crippen molar-refractivity contribution in [1.29, 1.82) is 0 Å². The van der Waals surface area contributed by atoms with Gasteiger partial charge >= 0.3 is 0 Å². The SMILES string of the molecule is CCCNc1nc(C(=O)NCCCC(=O)CCOCCOCCOCCOCCOCCOCCOCCOCCOCCOCCOCCOC)c(NCCC)nc1C(=O)CCCNC(=O)CCOCCOCCOCCOCCOCCOCCOCCOCCOCCOCCOCCOC. The maximum atomic E-state index is 13.6. The van der Waals surface area contributed by atoms with Gasteiger partial charge in [-0.3, -0.25) is 19.2 Å². The minimum Gasteiger partial charge on any atom is -0.382 e. The van der Waals surface area contributed by atoms with Crippen LogP contribution in [0.5, 0.6) is 0 Å². The Morgan fingerprint density at radius 2 is 0.490 bits per heavy atom. The first-order chi connectivity index (χ1) is 51.4. The average molecular weight is 1510 g/mol. The van der Waals surface area contributed by atoms with Gasteiger partial charge in [-0.05, 0) is 25.7 Å².